The SMILES string of the molecule is CCOC(=O)N1CCC(NC(=O)c2ccc(CN=[N+]=[N-])o2)CC1. The molecule has 0 aliphatic carbocycles. The van der Waals surface area contributed by atoms with Gasteiger partial charge in [0.1, 0.15) is 5.76 Å². The first-order chi connectivity index (χ1) is 11.1. The van der Waals surface area contributed by atoms with Crippen molar-refractivity contribution in [1.82, 2.24) is 10.2 Å². The van der Waals surface area contributed by atoms with Gasteiger partial charge in [-0.25, -0.2) is 4.79 Å². The van der Waals surface area contributed by atoms with Crippen LogP contribution in [0.15, 0.2) is 21.7 Å². The number of ether oxygens (including phenoxy) is 1. The molecule has 0 radical (unpaired) electrons. The van der Waals surface area contributed by atoms with E-state index < -0.39 is 0 Å². The average Bonchev–Trinajstić information content (AvgIpc) is 3.03. The summed E-state index contributed by atoms with van der Waals surface area (Å²) in [6.07, 6.45) is 1.01. The second-order valence-corrected chi connectivity index (χ2v) is 5.09. The highest BCUT2D eigenvalue weighted by molar-refractivity contribution is 5.91. The molecule has 2 amide bonds. The highest BCUT2D eigenvalue weighted by atomic mass is 16.6. The largest absolute Gasteiger partial charge is 0.456 e. The van der Waals surface area contributed by atoms with E-state index >= 15 is 0 Å². The van der Waals surface area contributed by atoms with Crippen molar-refractivity contribution in [1.29, 1.82) is 0 Å². The van der Waals surface area contributed by atoms with E-state index in [1.807, 2.05) is 0 Å². The molecule has 1 aliphatic rings. The minimum atomic E-state index is -0.314. The molecule has 9 nitrogen and oxygen atoms in total. The van der Waals surface area contributed by atoms with Crippen molar-refractivity contribution in [3.05, 3.63) is 34.1 Å². The fourth-order valence-corrected chi connectivity index (χ4v) is 2.36. The van der Waals surface area contributed by atoms with Gasteiger partial charge in [-0.05, 0) is 37.4 Å². The van der Waals surface area contributed by atoms with Gasteiger partial charge >= 0.3 is 6.09 Å². The van der Waals surface area contributed by atoms with Crippen LogP contribution in [0.4, 0.5) is 4.79 Å². The maximum atomic E-state index is 12.1. The zero-order valence-corrected chi connectivity index (χ0v) is 12.9. The standard InChI is InChI=1S/C14H19N5O4/c1-2-22-14(21)19-7-5-10(6-8-19)17-13(20)12-4-3-11(23-12)9-16-18-15/h3-4,10H,2,5-9H2,1H3,(H,17,20). The number of hydrogen-bond acceptors (Lipinski definition) is 5. The van der Waals surface area contributed by atoms with Crippen LogP contribution < -0.4 is 5.32 Å². The molecule has 1 aliphatic heterocycles. The van der Waals surface area contributed by atoms with E-state index in [0.29, 0.717) is 38.3 Å². The Kier molecular flexibility index (Phi) is 5.87. The topological polar surface area (TPSA) is 121 Å². The van der Waals surface area contributed by atoms with Crippen LogP contribution in [-0.4, -0.2) is 42.6 Å². The first-order valence-corrected chi connectivity index (χ1v) is 7.46. The van der Waals surface area contributed by atoms with Crippen molar-refractivity contribution in [2.24, 2.45) is 5.11 Å². The molecule has 0 saturated carbocycles. The van der Waals surface area contributed by atoms with E-state index in [2.05, 4.69) is 15.3 Å². The zero-order valence-electron chi connectivity index (χ0n) is 12.9. The Balaban J connectivity index is 1.81. The monoisotopic (exact) mass is 321 g/mol. The third kappa shape index (κ3) is 4.65. The van der Waals surface area contributed by atoms with Crippen molar-refractivity contribution in [3.8, 4) is 0 Å². The van der Waals surface area contributed by atoms with Crippen LogP contribution in [0.25, 0.3) is 10.4 Å². The van der Waals surface area contributed by atoms with Crippen LogP contribution in [0.2, 0.25) is 0 Å². The molecule has 124 valence electrons. The number of hydrogen-bond donors (Lipinski definition) is 1. The maximum absolute atomic E-state index is 12.1. The molecule has 0 unspecified atom stereocenters. The Bertz CT molecular complexity index is 600. The molecule has 1 N–H and O–H groups in total. The molecule has 0 spiro atoms. The molecule has 1 fully saturated rings. The molecular formula is C14H19N5O4. The summed E-state index contributed by atoms with van der Waals surface area (Å²) < 4.78 is 10.3. The van der Waals surface area contributed by atoms with Crippen LogP contribution >= 0.6 is 0 Å². The van der Waals surface area contributed by atoms with Crippen molar-refractivity contribution < 1.29 is 18.7 Å². The summed E-state index contributed by atoms with van der Waals surface area (Å²) in [7, 11) is 0. The molecule has 0 bridgehead atoms. The van der Waals surface area contributed by atoms with Gasteiger partial charge in [-0.1, -0.05) is 5.11 Å². The van der Waals surface area contributed by atoms with Gasteiger partial charge in [0.2, 0.25) is 0 Å². The van der Waals surface area contributed by atoms with Crippen molar-refractivity contribution in [3.63, 3.8) is 0 Å². The Morgan fingerprint density at radius 2 is 2.22 bits per heavy atom. The van der Waals surface area contributed by atoms with E-state index in [4.69, 9.17) is 14.7 Å². The Morgan fingerprint density at radius 1 is 1.48 bits per heavy atom. The minimum absolute atomic E-state index is 0.0149. The van der Waals surface area contributed by atoms with Gasteiger partial charge in [0.05, 0.1) is 13.2 Å². The number of rotatable bonds is 5. The normalized spacial score (nSPS) is 14.9. The number of carbonyl (C=O) groups excluding carboxylic acids is 2. The molecule has 1 aromatic heterocycles. The summed E-state index contributed by atoms with van der Waals surface area (Å²) in [5, 5.41) is 6.26. The van der Waals surface area contributed by atoms with Gasteiger partial charge < -0.3 is 19.4 Å². The Labute approximate surface area is 133 Å². The minimum Gasteiger partial charge on any atom is -0.456 e. The van der Waals surface area contributed by atoms with Crippen LogP contribution in [0, 0.1) is 0 Å². The average molecular weight is 321 g/mol. The van der Waals surface area contributed by atoms with Gasteiger partial charge in [-0.15, -0.1) is 0 Å². The first kappa shape index (κ1) is 16.7. The summed E-state index contributed by atoms with van der Waals surface area (Å²) in [5.74, 6) is 0.304. The summed E-state index contributed by atoms with van der Waals surface area (Å²) >= 11 is 0. The fraction of sp³-hybridized carbons (Fsp3) is 0.571. The number of azide groups is 1. The van der Waals surface area contributed by atoms with E-state index in [-0.39, 0.29) is 30.3 Å². The number of furan rings is 1. The highest BCUT2D eigenvalue weighted by Crippen LogP contribution is 2.14. The summed E-state index contributed by atoms with van der Waals surface area (Å²) in [5.41, 5.74) is 8.25. The van der Waals surface area contributed by atoms with Crippen molar-refractivity contribution in [2.45, 2.75) is 32.4 Å². The van der Waals surface area contributed by atoms with Crippen LogP contribution in [-0.2, 0) is 11.3 Å². The van der Waals surface area contributed by atoms with Crippen LogP contribution in [0.1, 0.15) is 36.1 Å². The molecule has 0 aromatic carbocycles. The predicted octanol–water partition coefficient (Wildman–Crippen LogP) is 2.44. The maximum Gasteiger partial charge on any atom is 0.409 e. The molecular weight excluding hydrogens is 302 g/mol. The second kappa shape index (κ2) is 8.09. The predicted molar refractivity (Wildman–Crippen MR) is 80.6 cm³/mol. The van der Waals surface area contributed by atoms with Crippen molar-refractivity contribution in [2.75, 3.05) is 19.7 Å². The number of piperidine rings is 1. The molecule has 0 atom stereocenters. The van der Waals surface area contributed by atoms with E-state index in [9.17, 15) is 9.59 Å². The van der Waals surface area contributed by atoms with Gasteiger partial charge in [-0.2, -0.15) is 0 Å². The number of carbonyl (C=O) groups is 2. The van der Waals surface area contributed by atoms with Gasteiger partial charge in [-0.3, -0.25) is 4.79 Å². The van der Waals surface area contributed by atoms with Gasteiger partial charge in [0, 0.05) is 24.0 Å². The first-order valence-electron chi connectivity index (χ1n) is 7.46. The molecule has 2 heterocycles. The summed E-state index contributed by atoms with van der Waals surface area (Å²) in [6.45, 7) is 3.28. The van der Waals surface area contributed by atoms with Crippen molar-refractivity contribution >= 4 is 12.0 Å². The van der Waals surface area contributed by atoms with E-state index in [1.165, 1.54) is 0 Å². The second-order valence-electron chi connectivity index (χ2n) is 5.09. The molecule has 1 aromatic rings. The smallest absolute Gasteiger partial charge is 0.409 e. The molecule has 1 saturated heterocycles. The van der Waals surface area contributed by atoms with Gasteiger partial charge in [0.15, 0.2) is 5.76 Å². The Hall–Kier alpha value is -2.67. The fourth-order valence-electron chi connectivity index (χ4n) is 2.36. The summed E-state index contributed by atoms with van der Waals surface area (Å²) in [6, 6.07) is 3.14. The van der Waals surface area contributed by atoms with Crippen LogP contribution in [0.3, 0.4) is 0 Å². The number of amides is 2. The number of nitrogens with zero attached hydrogens (tertiary/aromatic N) is 4. The molecule has 9 heteroatoms. The lowest BCUT2D eigenvalue weighted by molar-refractivity contribution is 0.0839. The summed E-state index contributed by atoms with van der Waals surface area (Å²) in [4.78, 5) is 28.0. The van der Waals surface area contributed by atoms with E-state index in [1.54, 1.807) is 24.0 Å². The number of likely N-dealkylation sites (tertiary alicyclic amines) is 1. The van der Waals surface area contributed by atoms with E-state index in [0.717, 1.165) is 0 Å². The lowest BCUT2D eigenvalue weighted by Crippen LogP contribution is -2.46. The quantitative estimate of drug-likeness (QED) is 0.508. The highest BCUT2D eigenvalue weighted by Gasteiger charge is 2.25. The molecule has 23 heavy (non-hydrogen) atoms. The Morgan fingerprint density at radius 3 is 2.87 bits per heavy atom. The zero-order chi connectivity index (χ0) is 16.7. The molecule has 2 rings (SSSR count). The third-order valence-electron chi connectivity index (χ3n) is 3.53. The third-order valence-corrected chi connectivity index (χ3v) is 3.53. The number of nitrogens with one attached hydrogen (secondary N) is 1. The lowest BCUT2D eigenvalue weighted by Gasteiger charge is -2.31. The van der Waals surface area contributed by atoms with Gasteiger partial charge in [0.25, 0.3) is 5.91 Å². The van der Waals surface area contributed by atoms with Crippen LogP contribution in [0.5, 0.6) is 0 Å². The lowest BCUT2D eigenvalue weighted by atomic mass is 10.1.